The van der Waals surface area contributed by atoms with E-state index in [0.29, 0.717) is 0 Å². The Bertz CT molecular complexity index is 360. The summed E-state index contributed by atoms with van der Waals surface area (Å²) in [5.41, 5.74) is 0. The number of hydrogen-bond acceptors (Lipinski definition) is 3. The molecule has 17 heavy (non-hydrogen) atoms. The molecule has 1 amide bonds. The molecule has 1 aliphatic heterocycles. The molecule has 1 aromatic rings. The maximum atomic E-state index is 11.9. The molecule has 2 rings (SSSR count). The highest BCUT2D eigenvalue weighted by Gasteiger charge is 2.21. The summed E-state index contributed by atoms with van der Waals surface area (Å²) in [6, 6.07) is 1.78. The predicted octanol–water partition coefficient (Wildman–Crippen LogP) is 1.41. The summed E-state index contributed by atoms with van der Waals surface area (Å²) in [5, 5.41) is 10.3. The fraction of sp³-hybridized carbons (Fsp3) is 0.636. The molecule has 2 heterocycles. The van der Waals surface area contributed by atoms with Crippen molar-refractivity contribution in [1.82, 2.24) is 15.1 Å². The zero-order valence-corrected chi connectivity index (χ0v) is 10.8. The molecule has 6 heteroatoms. The van der Waals surface area contributed by atoms with Gasteiger partial charge in [-0.25, -0.2) is 4.68 Å². The molecule has 96 valence electrons. The van der Waals surface area contributed by atoms with E-state index in [9.17, 15) is 4.79 Å². The number of nitrogens with one attached hydrogen (secondary N) is 2. The Balaban J connectivity index is 0.00000144. The highest BCUT2D eigenvalue weighted by atomic mass is 35.5. The number of amides is 1. The molecule has 0 bridgehead atoms. The van der Waals surface area contributed by atoms with E-state index in [1.165, 1.54) is 0 Å². The van der Waals surface area contributed by atoms with Gasteiger partial charge < -0.3 is 10.6 Å². The van der Waals surface area contributed by atoms with Gasteiger partial charge in [-0.3, -0.25) is 4.79 Å². The zero-order chi connectivity index (χ0) is 11.4. The zero-order valence-electron chi connectivity index (χ0n) is 9.98. The van der Waals surface area contributed by atoms with Crippen molar-refractivity contribution in [2.75, 3.05) is 11.9 Å². The van der Waals surface area contributed by atoms with Crippen LogP contribution in [0.25, 0.3) is 0 Å². The van der Waals surface area contributed by atoms with Gasteiger partial charge in [0.05, 0.1) is 12.2 Å². The van der Waals surface area contributed by atoms with Gasteiger partial charge in [-0.2, -0.15) is 5.10 Å². The number of anilines is 1. The van der Waals surface area contributed by atoms with Crippen molar-refractivity contribution in [1.29, 1.82) is 0 Å². The van der Waals surface area contributed by atoms with E-state index in [-0.39, 0.29) is 24.4 Å². The summed E-state index contributed by atoms with van der Waals surface area (Å²) in [4.78, 5) is 11.9. The second kappa shape index (κ2) is 6.61. The molecule has 0 saturated carbocycles. The smallest absolute Gasteiger partial charge is 0.242 e. The number of nitrogens with zero attached hydrogens (tertiary/aromatic N) is 2. The maximum Gasteiger partial charge on any atom is 0.242 e. The van der Waals surface area contributed by atoms with Crippen LogP contribution in [0.5, 0.6) is 0 Å². The van der Waals surface area contributed by atoms with Crippen molar-refractivity contribution >= 4 is 24.1 Å². The lowest BCUT2D eigenvalue weighted by Gasteiger charge is -2.22. The van der Waals surface area contributed by atoms with E-state index in [1.54, 1.807) is 10.9 Å². The topological polar surface area (TPSA) is 59.0 Å². The highest BCUT2D eigenvalue weighted by molar-refractivity contribution is 5.94. The summed E-state index contributed by atoms with van der Waals surface area (Å²) in [7, 11) is 0. The number of rotatable bonds is 3. The molecule has 0 aliphatic carbocycles. The van der Waals surface area contributed by atoms with Crippen molar-refractivity contribution in [2.45, 2.75) is 38.8 Å². The van der Waals surface area contributed by atoms with Gasteiger partial charge in [0.2, 0.25) is 5.91 Å². The van der Waals surface area contributed by atoms with Crippen LogP contribution < -0.4 is 10.6 Å². The number of aryl methyl sites for hydroxylation is 1. The van der Waals surface area contributed by atoms with Crippen LogP contribution in [0.1, 0.15) is 26.2 Å². The van der Waals surface area contributed by atoms with Crippen molar-refractivity contribution < 1.29 is 4.79 Å². The van der Waals surface area contributed by atoms with Crippen molar-refractivity contribution in [3.63, 3.8) is 0 Å². The number of carbonyl (C=O) groups excluding carboxylic acids is 1. The average Bonchev–Trinajstić information content (AvgIpc) is 2.77. The van der Waals surface area contributed by atoms with Crippen LogP contribution in [0.3, 0.4) is 0 Å². The molecule has 0 radical (unpaired) electrons. The lowest BCUT2D eigenvalue weighted by atomic mass is 10.0. The third-order valence-corrected chi connectivity index (χ3v) is 2.89. The van der Waals surface area contributed by atoms with Gasteiger partial charge in [0.25, 0.3) is 0 Å². The minimum Gasteiger partial charge on any atom is -0.310 e. The Morgan fingerprint density at radius 3 is 3.12 bits per heavy atom. The Kier molecular flexibility index (Phi) is 5.44. The van der Waals surface area contributed by atoms with Crippen LogP contribution >= 0.6 is 12.4 Å². The van der Waals surface area contributed by atoms with Crippen LogP contribution in [-0.4, -0.2) is 28.3 Å². The monoisotopic (exact) mass is 258 g/mol. The first-order valence-electron chi connectivity index (χ1n) is 5.87. The maximum absolute atomic E-state index is 11.9. The van der Waals surface area contributed by atoms with Gasteiger partial charge in [-0.1, -0.05) is 6.42 Å². The lowest BCUT2D eigenvalue weighted by Crippen LogP contribution is -2.43. The van der Waals surface area contributed by atoms with Crippen molar-refractivity contribution in [3.05, 3.63) is 12.3 Å². The molecular weight excluding hydrogens is 240 g/mol. The predicted molar refractivity (Wildman–Crippen MR) is 69.4 cm³/mol. The van der Waals surface area contributed by atoms with Gasteiger partial charge >= 0.3 is 0 Å². The second-order valence-electron chi connectivity index (χ2n) is 4.02. The summed E-state index contributed by atoms with van der Waals surface area (Å²) >= 11 is 0. The number of piperidine rings is 1. The third kappa shape index (κ3) is 3.44. The molecule has 1 saturated heterocycles. The van der Waals surface area contributed by atoms with Crippen LogP contribution in [0.15, 0.2) is 12.3 Å². The molecule has 2 N–H and O–H groups in total. The van der Waals surface area contributed by atoms with E-state index >= 15 is 0 Å². The van der Waals surface area contributed by atoms with Crippen LogP contribution in [-0.2, 0) is 11.3 Å². The molecule has 0 unspecified atom stereocenters. The number of halogens is 1. The summed E-state index contributed by atoms with van der Waals surface area (Å²) in [6.07, 6.45) is 4.91. The molecule has 0 aromatic carbocycles. The first-order chi connectivity index (χ1) is 7.81. The standard InChI is InChI=1S/C11H18N4O.ClH/c1-2-15-10(6-8-13-15)14-11(16)9-5-3-4-7-12-9;/h6,8-9,12H,2-5,7H2,1H3,(H,14,16);1H/t9-;/m1./s1. The summed E-state index contributed by atoms with van der Waals surface area (Å²) < 4.78 is 1.78. The summed E-state index contributed by atoms with van der Waals surface area (Å²) in [5.74, 6) is 0.828. The van der Waals surface area contributed by atoms with Crippen LogP contribution in [0, 0.1) is 0 Å². The number of carbonyl (C=O) groups is 1. The quantitative estimate of drug-likeness (QED) is 0.862. The SMILES string of the molecule is CCn1nccc1NC(=O)[C@H]1CCCCN1.Cl. The van der Waals surface area contributed by atoms with E-state index < -0.39 is 0 Å². The second-order valence-corrected chi connectivity index (χ2v) is 4.02. The Morgan fingerprint density at radius 2 is 2.47 bits per heavy atom. The van der Waals surface area contributed by atoms with Crippen LogP contribution in [0.4, 0.5) is 5.82 Å². The molecule has 1 atom stereocenters. The van der Waals surface area contributed by atoms with Crippen molar-refractivity contribution in [2.24, 2.45) is 0 Å². The molecule has 1 aliphatic rings. The molecule has 1 aromatic heterocycles. The van der Waals surface area contributed by atoms with Gasteiger partial charge in [-0.05, 0) is 26.3 Å². The fourth-order valence-corrected chi connectivity index (χ4v) is 1.98. The number of aromatic nitrogens is 2. The normalized spacial score (nSPS) is 19.5. The molecular formula is C11H19ClN4O. The average molecular weight is 259 g/mol. The first kappa shape index (κ1) is 14.0. The lowest BCUT2D eigenvalue weighted by molar-refractivity contribution is -0.118. The Labute approximate surface area is 107 Å². The molecule has 5 nitrogen and oxygen atoms in total. The van der Waals surface area contributed by atoms with Gasteiger partial charge in [-0.15, -0.1) is 12.4 Å². The third-order valence-electron chi connectivity index (χ3n) is 2.89. The number of hydrogen-bond donors (Lipinski definition) is 2. The van der Waals surface area contributed by atoms with Gasteiger partial charge in [0.1, 0.15) is 5.82 Å². The van der Waals surface area contributed by atoms with E-state index in [0.717, 1.165) is 38.2 Å². The van der Waals surface area contributed by atoms with E-state index in [2.05, 4.69) is 15.7 Å². The molecule has 0 spiro atoms. The van der Waals surface area contributed by atoms with Gasteiger partial charge in [0.15, 0.2) is 0 Å². The van der Waals surface area contributed by atoms with Gasteiger partial charge in [0, 0.05) is 12.6 Å². The molecule has 1 fully saturated rings. The first-order valence-corrected chi connectivity index (χ1v) is 5.87. The Hall–Kier alpha value is -1.07. The summed E-state index contributed by atoms with van der Waals surface area (Å²) in [6.45, 7) is 3.70. The largest absolute Gasteiger partial charge is 0.310 e. The minimum absolute atomic E-state index is 0. The van der Waals surface area contributed by atoms with Crippen molar-refractivity contribution in [3.8, 4) is 0 Å². The van der Waals surface area contributed by atoms with Crippen LogP contribution in [0.2, 0.25) is 0 Å². The van der Waals surface area contributed by atoms with E-state index in [4.69, 9.17) is 0 Å². The highest BCUT2D eigenvalue weighted by Crippen LogP contribution is 2.11. The minimum atomic E-state index is -0.0473. The van der Waals surface area contributed by atoms with E-state index in [1.807, 2.05) is 13.0 Å². The Morgan fingerprint density at radius 1 is 1.65 bits per heavy atom. The fourth-order valence-electron chi connectivity index (χ4n) is 1.98.